The average Bonchev–Trinajstić information content (AvgIpc) is 2.53. The minimum atomic E-state index is -0.942. The van der Waals surface area contributed by atoms with Crippen molar-refractivity contribution in [2.24, 2.45) is 0 Å². The van der Waals surface area contributed by atoms with Crippen LogP contribution in [-0.4, -0.2) is 25.2 Å². The van der Waals surface area contributed by atoms with Gasteiger partial charge in [-0.1, -0.05) is 83.8 Å². The molecule has 0 saturated heterocycles. The molecule has 0 aliphatic heterocycles. The van der Waals surface area contributed by atoms with Crippen molar-refractivity contribution in [3.05, 3.63) is 12.7 Å². The van der Waals surface area contributed by atoms with E-state index in [0.717, 1.165) is 19.3 Å². The number of esters is 2. The second kappa shape index (κ2) is 16.1. The van der Waals surface area contributed by atoms with Crippen molar-refractivity contribution in [3.8, 4) is 0 Å². The highest BCUT2D eigenvalue weighted by atomic mass is 16.6. The van der Waals surface area contributed by atoms with Gasteiger partial charge in [0.1, 0.15) is 6.61 Å². The number of rotatable bonds is 14. The summed E-state index contributed by atoms with van der Waals surface area (Å²) in [7, 11) is 0. The highest BCUT2D eigenvalue weighted by Gasteiger charge is 2.15. The van der Waals surface area contributed by atoms with Crippen LogP contribution in [0, 0.1) is 0 Å². The molecule has 0 aromatic heterocycles. The van der Waals surface area contributed by atoms with Gasteiger partial charge in [0.05, 0.1) is 6.61 Å². The second-order valence-electron chi connectivity index (χ2n) is 5.56. The molecule has 0 aromatic carbocycles. The molecule has 0 aliphatic carbocycles. The quantitative estimate of drug-likeness (QED) is 0.204. The van der Waals surface area contributed by atoms with Crippen LogP contribution in [0.4, 0.5) is 0 Å². The van der Waals surface area contributed by atoms with Gasteiger partial charge in [0.25, 0.3) is 0 Å². The molecule has 4 nitrogen and oxygen atoms in total. The maximum Gasteiger partial charge on any atom is 0.417 e. The van der Waals surface area contributed by atoms with E-state index in [1.54, 1.807) is 0 Å². The standard InChI is InChI=1S/C18H32O4/c1-3-5-6-7-8-9-10-11-12-13-14-16-22-18(20)17(19)21-15-4-2/h4H,2-3,5-16H2,1H3. The lowest BCUT2D eigenvalue weighted by molar-refractivity contribution is -0.167. The topological polar surface area (TPSA) is 52.6 Å². The van der Waals surface area contributed by atoms with Crippen LogP contribution in [0.25, 0.3) is 0 Å². The van der Waals surface area contributed by atoms with Crippen LogP contribution < -0.4 is 0 Å². The van der Waals surface area contributed by atoms with Gasteiger partial charge in [-0.15, -0.1) is 0 Å². The van der Waals surface area contributed by atoms with Gasteiger partial charge in [0.2, 0.25) is 0 Å². The number of ether oxygens (including phenoxy) is 2. The van der Waals surface area contributed by atoms with Crippen molar-refractivity contribution in [2.75, 3.05) is 13.2 Å². The molecular weight excluding hydrogens is 280 g/mol. The monoisotopic (exact) mass is 312 g/mol. The van der Waals surface area contributed by atoms with Gasteiger partial charge >= 0.3 is 11.9 Å². The molecule has 0 atom stereocenters. The zero-order valence-corrected chi connectivity index (χ0v) is 14.1. The highest BCUT2D eigenvalue weighted by molar-refractivity contribution is 6.29. The predicted octanol–water partition coefficient (Wildman–Crippen LogP) is 4.57. The largest absolute Gasteiger partial charge is 0.457 e. The summed E-state index contributed by atoms with van der Waals surface area (Å²) in [5, 5.41) is 0. The van der Waals surface area contributed by atoms with E-state index in [2.05, 4.69) is 18.2 Å². The third kappa shape index (κ3) is 13.7. The van der Waals surface area contributed by atoms with Crippen LogP contribution >= 0.6 is 0 Å². The molecule has 0 fully saturated rings. The van der Waals surface area contributed by atoms with Crippen LogP contribution in [0.5, 0.6) is 0 Å². The van der Waals surface area contributed by atoms with Gasteiger partial charge in [0.15, 0.2) is 0 Å². The first-order valence-electron chi connectivity index (χ1n) is 8.67. The molecule has 4 heteroatoms. The van der Waals surface area contributed by atoms with Gasteiger partial charge < -0.3 is 9.47 Å². The predicted molar refractivity (Wildman–Crippen MR) is 88.6 cm³/mol. The van der Waals surface area contributed by atoms with E-state index in [1.165, 1.54) is 57.4 Å². The van der Waals surface area contributed by atoms with Crippen molar-refractivity contribution in [1.82, 2.24) is 0 Å². The fourth-order valence-corrected chi connectivity index (χ4v) is 2.18. The fraction of sp³-hybridized carbons (Fsp3) is 0.778. The van der Waals surface area contributed by atoms with E-state index in [1.807, 2.05) is 0 Å². The van der Waals surface area contributed by atoms with Crippen LogP contribution in [-0.2, 0) is 19.1 Å². The molecular formula is C18H32O4. The third-order valence-electron chi connectivity index (χ3n) is 3.48. The van der Waals surface area contributed by atoms with Gasteiger partial charge in [0, 0.05) is 0 Å². The molecule has 0 rings (SSSR count). The summed E-state index contributed by atoms with van der Waals surface area (Å²) in [6.07, 6.45) is 15.0. The molecule has 0 saturated carbocycles. The summed E-state index contributed by atoms with van der Waals surface area (Å²) in [4.78, 5) is 22.3. The first-order valence-corrected chi connectivity index (χ1v) is 8.67. The summed E-state index contributed by atoms with van der Waals surface area (Å²) in [5.74, 6) is -1.85. The Morgan fingerprint density at radius 1 is 0.773 bits per heavy atom. The Balaban J connectivity index is 3.24. The average molecular weight is 312 g/mol. The SMILES string of the molecule is C=CCOC(=O)C(=O)OCCCCCCCCCCCCC. The Labute approximate surface area is 135 Å². The zero-order chi connectivity index (χ0) is 16.5. The smallest absolute Gasteiger partial charge is 0.417 e. The van der Waals surface area contributed by atoms with E-state index < -0.39 is 11.9 Å². The number of hydrogen-bond donors (Lipinski definition) is 0. The molecule has 0 spiro atoms. The maximum atomic E-state index is 11.2. The molecule has 0 amide bonds. The Morgan fingerprint density at radius 3 is 1.73 bits per heavy atom. The second-order valence-corrected chi connectivity index (χ2v) is 5.56. The van der Waals surface area contributed by atoms with Crippen LogP contribution in [0.1, 0.15) is 77.6 Å². The number of unbranched alkanes of at least 4 members (excludes halogenated alkanes) is 10. The van der Waals surface area contributed by atoms with Gasteiger partial charge in [-0.25, -0.2) is 9.59 Å². The summed E-state index contributed by atoms with van der Waals surface area (Å²) in [6, 6.07) is 0. The molecule has 0 unspecified atom stereocenters. The van der Waals surface area contributed by atoms with Crippen LogP contribution in [0.15, 0.2) is 12.7 Å². The third-order valence-corrected chi connectivity index (χ3v) is 3.48. The lowest BCUT2D eigenvalue weighted by atomic mass is 10.1. The first-order chi connectivity index (χ1) is 10.7. The Morgan fingerprint density at radius 2 is 1.23 bits per heavy atom. The molecule has 0 bridgehead atoms. The minimum Gasteiger partial charge on any atom is -0.457 e. The first kappa shape index (κ1) is 20.7. The molecule has 0 aromatic rings. The Kier molecular flexibility index (Phi) is 15.1. The lowest BCUT2D eigenvalue weighted by Gasteiger charge is -2.04. The van der Waals surface area contributed by atoms with Crippen molar-refractivity contribution in [1.29, 1.82) is 0 Å². The summed E-state index contributed by atoms with van der Waals surface area (Å²) < 4.78 is 9.41. The van der Waals surface area contributed by atoms with Crippen LogP contribution in [0.2, 0.25) is 0 Å². The van der Waals surface area contributed by atoms with E-state index >= 15 is 0 Å². The zero-order valence-electron chi connectivity index (χ0n) is 14.1. The van der Waals surface area contributed by atoms with Crippen molar-refractivity contribution in [3.63, 3.8) is 0 Å². The molecule has 128 valence electrons. The molecule has 0 heterocycles. The van der Waals surface area contributed by atoms with Crippen molar-refractivity contribution < 1.29 is 19.1 Å². The Hall–Kier alpha value is -1.32. The van der Waals surface area contributed by atoms with Crippen molar-refractivity contribution >= 4 is 11.9 Å². The molecule has 0 aliphatic rings. The highest BCUT2D eigenvalue weighted by Crippen LogP contribution is 2.11. The van der Waals surface area contributed by atoms with E-state index in [4.69, 9.17) is 4.74 Å². The molecule has 0 radical (unpaired) electrons. The Bertz CT molecular complexity index is 299. The van der Waals surface area contributed by atoms with E-state index in [9.17, 15) is 9.59 Å². The number of carbonyl (C=O) groups is 2. The van der Waals surface area contributed by atoms with E-state index in [0.29, 0.717) is 6.61 Å². The summed E-state index contributed by atoms with van der Waals surface area (Å²) >= 11 is 0. The summed E-state index contributed by atoms with van der Waals surface area (Å²) in [6.45, 7) is 5.96. The van der Waals surface area contributed by atoms with Gasteiger partial charge in [-0.2, -0.15) is 0 Å². The van der Waals surface area contributed by atoms with Gasteiger partial charge in [-0.05, 0) is 6.42 Å². The fourth-order valence-electron chi connectivity index (χ4n) is 2.18. The molecule has 0 N–H and O–H groups in total. The lowest BCUT2D eigenvalue weighted by Crippen LogP contribution is -2.20. The maximum absolute atomic E-state index is 11.2. The van der Waals surface area contributed by atoms with Gasteiger partial charge in [-0.3, -0.25) is 0 Å². The number of hydrogen-bond acceptors (Lipinski definition) is 4. The normalized spacial score (nSPS) is 10.2. The van der Waals surface area contributed by atoms with E-state index in [-0.39, 0.29) is 6.61 Å². The minimum absolute atomic E-state index is 0.0341. The number of carbonyl (C=O) groups excluding carboxylic acids is 2. The molecule has 22 heavy (non-hydrogen) atoms. The van der Waals surface area contributed by atoms with Crippen LogP contribution in [0.3, 0.4) is 0 Å². The summed E-state index contributed by atoms with van der Waals surface area (Å²) in [5.41, 5.74) is 0. The van der Waals surface area contributed by atoms with Crippen molar-refractivity contribution in [2.45, 2.75) is 77.6 Å².